The number of carbonyl (C=O) groups is 2. The van der Waals surface area contributed by atoms with E-state index < -0.39 is 0 Å². The molecule has 7 heteroatoms. The van der Waals surface area contributed by atoms with Gasteiger partial charge in [0, 0.05) is 24.9 Å². The first-order chi connectivity index (χ1) is 13.7. The van der Waals surface area contributed by atoms with Crippen molar-refractivity contribution < 1.29 is 9.59 Å². The summed E-state index contributed by atoms with van der Waals surface area (Å²) in [6.07, 6.45) is 4.16. The molecule has 0 saturated carbocycles. The van der Waals surface area contributed by atoms with Crippen LogP contribution in [0.15, 0.2) is 35.7 Å². The SMILES string of the molecule is O=C(Cc1csc(N2CCCC2=O)n1)NC(CN1CCCC1)c1ccccc1. The average molecular weight is 399 g/mol. The monoisotopic (exact) mass is 398 g/mol. The van der Waals surface area contributed by atoms with E-state index in [1.807, 2.05) is 23.6 Å². The van der Waals surface area contributed by atoms with Crippen molar-refractivity contribution in [3.63, 3.8) is 0 Å². The summed E-state index contributed by atoms with van der Waals surface area (Å²) < 4.78 is 0. The Morgan fingerprint density at radius 2 is 1.93 bits per heavy atom. The number of likely N-dealkylation sites (tertiary alicyclic amines) is 1. The third-order valence-corrected chi connectivity index (χ3v) is 6.27. The molecule has 4 rings (SSSR count). The maximum Gasteiger partial charge on any atom is 0.228 e. The molecular weight excluding hydrogens is 372 g/mol. The molecule has 28 heavy (non-hydrogen) atoms. The Kier molecular flexibility index (Phi) is 6.02. The lowest BCUT2D eigenvalue weighted by molar-refractivity contribution is -0.121. The number of rotatable bonds is 7. The molecule has 2 aromatic rings. The highest BCUT2D eigenvalue weighted by atomic mass is 32.1. The number of nitrogens with zero attached hydrogens (tertiary/aromatic N) is 3. The largest absolute Gasteiger partial charge is 0.348 e. The van der Waals surface area contributed by atoms with Gasteiger partial charge in [0.05, 0.1) is 18.2 Å². The van der Waals surface area contributed by atoms with Crippen molar-refractivity contribution >= 4 is 28.3 Å². The van der Waals surface area contributed by atoms with Crippen molar-refractivity contribution in [2.24, 2.45) is 0 Å². The molecule has 1 N–H and O–H groups in total. The van der Waals surface area contributed by atoms with Crippen molar-refractivity contribution in [1.29, 1.82) is 0 Å². The molecule has 3 heterocycles. The van der Waals surface area contributed by atoms with Crippen molar-refractivity contribution in [1.82, 2.24) is 15.2 Å². The Hall–Kier alpha value is -2.25. The zero-order valence-electron chi connectivity index (χ0n) is 16.0. The number of hydrogen-bond donors (Lipinski definition) is 1. The van der Waals surface area contributed by atoms with E-state index in [1.165, 1.54) is 24.2 Å². The molecule has 0 spiro atoms. The molecular formula is C21H26N4O2S. The number of benzene rings is 1. The number of amides is 2. The summed E-state index contributed by atoms with van der Waals surface area (Å²) in [6, 6.07) is 10.1. The zero-order valence-corrected chi connectivity index (χ0v) is 16.8. The first-order valence-corrected chi connectivity index (χ1v) is 10.9. The Morgan fingerprint density at radius 3 is 2.64 bits per heavy atom. The van der Waals surface area contributed by atoms with Crippen LogP contribution in [0.5, 0.6) is 0 Å². The molecule has 2 fully saturated rings. The summed E-state index contributed by atoms with van der Waals surface area (Å²) in [7, 11) is 0. The van der Waals surface area contributed by atoms with Crippen LogP contribution in [0, 0.1) is 0 Å². The van der Waals surface area contributed by atoms with Crippen molar-refractivity contribution in [2.75, 3.05) is 31.1 Å². The van der Waals surface area contributed by atoms with Gasteiger partial charge in [-0.3, -0.25) is 14.5 Å². The van der Waals surface area contributed by atoms with Crippen molar-refractivity contribution in [3.8, 4) is 0 Å². The normalized spacial score (nSPS) is 18.6. The molecule has 1 unspecified atom stereocenters. The van der Waals surface area contributed by atoms with E-state index in [2.05, 4.69) is 27.3 Å². The van der Waals surface area contributed by atoms with Gasteiger partial charge < -0.3 is 10.2 Å². The Labute approximate surface area is 169 Å². The standard InChI is InChI=1S/C21H26N4O2S/c26-19(13-17-15-28-21(22-17)25-12-6-9-20(25)27)23-18(14-24-10-4-5-11-24)16-7-2-1-3-8-16/h1-3,7-8,15,18H,4-6,9-14H2,(H,23,26). The number of anilines is 1. The Bertz CT molecular complexity index is 817. The minimum Gasteiger partial charge on any atom is -0.348 e. The Balaban J connectivity index is 1.40. The number of thiazole rings is 1. The minimum absolute atomic E-state index is 0.0231. The lowest BCUT2D eigenvalue weighted by atomic mass is 10.1. The topological polar surface area (TPSA) is 65.5 Å². The van der Waals surface area contributed by atoms with Gasteiger partial charge in [0.1, 0.15) is 0 Å². The molecule has 148 valence electrons. The van der Waals surface area contributed by atoms with E-state index in [4.69, 9.17) is 0 Å². The molecule has 0 radical (unpaired) electrons. The first-order valence-electron chi connectivity index (χ1n) is 10.0. The van der Waals surface area contributed by atoms with Crippen LogP contribution in [-0.4, -0.2) is 47.9 Å². The van der Waals surface area contributed by atoms with E-state index >= 15 is 0 Å². The zero-order chi connectivity index (χ0) is 19.3. The summed E-state index contributed by atoms with van der Waals surface area (Å²) in [6.45, 7) is 3.75. The summed E-state index contributed by atoms with van der Waals surface area (Å²) in [5.74, 6) is 0.0951. The third kappa shape index (κ3) is 4.59. The molecule has 2 saturated heterocycles. The van der Waals surface area contributed by atoms with Gasteiger partial charge in [-0.05, 0) is 37.9 Å². The maximum absolute atomic E-state index is 12.7. The van der Waals surface area contributed by atoms with Crippen LogP contribution in [0.4, 0.5) is 5.13 Å². The van der Waals surface area contributed by atoms with Crippen molar-refractivity contribution in [3.05, 3.63) is 47.0 Å². The smallest absolute Gasteiger partial charge is 0.228 e. The van der Waals surface area contributed by atoms with Crippen molar-refractivity contribution in [2.45, 2.75) is 38.1 Å². The molecule has 2 amide bonds. The number of nitrogens with one attached hydrogen (secondary N) is 1. The van der Waals surface area contributed by atoms with Crippen LogP contribution in [-0.2, 0) is 16.0 Å². The van der Waals surface area contributed by atoms with Gasteiger partial charge in [-0.15, -0.1) is 11.3 Å². The van der Waals surface area contributed by atoms with Gasteiger partial charge in [-0.1, -0.05) is 30.3 Å². The quantitative estimate of drug-likeness (QED) is 0.779. The molecule has 6 nitrogen and oxygen atoms in total. The highest BCUT2D eigenvalue weighted by Gasteiger charge is 2.25. The van der Waals surface area contributed by atoms with Crippen LogP contribution < -0.4 is 10.2 Å². The van der Waals surface area contributed by atoms with Gasteiger partial charge in [-0.25, -0.2) is 4.98 Å². The minimum atomic E-state index is -0.0300. The second-order valence-electron chi connectivity index (χ2n) is 7.49. The van der Waals surface area contributed by atoms with Crippen LogP contribution in [0.3, 0.4) is 0 Å². The molecule has 1 atom stereocenters. The highest BCUT2D eigenvalue weighted by Crippen LogP contribution is 2.25. The maximum atomic E-state index is 12.7. The van der Waals surface area contributed by atoms with E-state index in [1.54, 1.807) is 4.90 Å². The van der Waals surface area contributed by atoms with Gasteiger partial charge in [0.2, 0.25) is 11.8 Å². The molecule has 1 aromatic carbocycles. The van der Waals surface area contributed by atoms with Gasteiger partial charge >= 0.3 is 0 Å². The number of aromatic nitrogens is 1. The van der Waals surface area contributed by atoms with E-state index in [9.17, 15) is 9.59 Å². The fourth-order valence-electron chi connectivity index (χ4n) is 3.90. The van der Waals surface area contributed by atoms with Crippen LogP contribution in [0.25, 0.3) is 0 Å². The third-order valence-electron chi connectivity index (χ3n) is 5.36. The molecule has 0 bridgehead atoms. The van der Waals surface area contributed by atoms with E-state index in [0.717, 1.165) is 43.9 Å². The summed E-state index contributed by atoms with van der Waals surface area (Å²) in [5.41, 5.74) is 1.86. The summed E-state index contributed by atoms with van der Waals surface area (Å²) in [4.78, 5) is 33.3. The van der Waals surface area contributed by atoms with Gasteiger partial charge in [0.25, 0.3) is 0 Å². The average Bonchev–Trinajstić information content (AvgIpc) is 3.44. The predicted molar refractivity (Wildman–Crippen MR) is 110 cm³/mol. The first kappa shape index (κ1) is 19.1. The number of carbonyl (C=O) groups excluding carboxylic acids is 2. The molecule has 2 aliphatic rings. The summed E-state index contributed by atoms with van der Waals surface area (Å²) in [5, 5.41) is 5.80. The van der Waals surface area contributed by atoms with Crippen LogP contribution >= 0.6 is 11.3 Å². The summed E-state index contributed by atoms with van der Waals surface area (Å²) >= 11 is 1.44. The highest BCUT2D eigenvalue weighted by molar-refractivity contribution is 7.14. The van der Waals surface area contributed by atoms with E-state index in [0.29, 0.717) is 11.6 Å². The lowest BCUT2D eigenvalue weighted by Gasteiger charge is -2.25. The lowest BCUT2D eigenvalue weighted by Crippen LogP contribution is -2.37. The second kappa shape index (κ2) is 8.84. The molecule has 1 aromatic heterocycles. The fraction of sp³-hybridized carbons (Fsp3) is 0.476. The van der Waals surface area contributed by atoms with Crippen LogP contribution in [0.2, 0.25) is 0 Å². The molecule has 0 aliphatic carbocycles. The van der Waals surface area contributed by atoms with E-state index in [-0.39, 0.29) is 24.3 Å². The Morgan fingerprint density at radius 1 is 1.14 bits per heavy atom. The van der Waals surface area contributed by atoms with Crippen LogP contribution in [0.1, 0.15) is 43.0 Å². The molecule has 2 aliphatic heterocycles. The van der Waals surface area contributed by atoms with Gasteiger partial charge in [0.15, 0.2) is 5.13 Å². The second-order valence-corrected chi connectivity index (χ2v) is 8.32. The number of hydrogen-bond acceptors (Lipinski definition) is 5. The fourth-order valence-corrected chi connectivity index (χ4v) is 4.77. The predicted octanol–water partition coefficient (Wildman–Crippen LogP) is 2.77. The van der Waals surface area contributed by atoms with Gasteiger partial charge in [-0.2, -0.15) is 0 Å².